The van der Waals surface area contributed by atoms with Crippen molar-refractivity contribution in [1.29, 1.82) is 0 Å². The molecule has 1 aromatic heterocycles. The van der Waals surface area contributed by atoms with Crippen LogP contribution < -0.4 is 4.74 Å². The highest BCUT2D eigenvalue weighted by Gasteiger charge is 2.19. The Hall–Kier alpha value is -1.84. The first-order chi connectivity index (χ1) is 8.79. The van der Waals surface area contributed by atoms with Gasteiger partial charge in [0.15, 0.2) is 0 Å². The van der Waals surface area contributed by atoms with Crippen LogP contribution in [0.15, 0.2) is 30.5 Å². The Labute approximate surface area is 107 Å². The predicted molar refractivity (Wildman–Crippen MR) is 67.1 cm³/mol. The Morgan fingerprint density at radius 2 is 2.33 bits per heavy atom. The lowest BCUT2D eigenvalue weighted by Crippen LogP contribution is -2.18. The number of carbonyl (C=O) groups excluding carboxylic acids is 1. The van der Waals surface area contributed by atoms with Crippen molar-refractivity contribution in [2.45, 2.75) is 25.9 Å². The second-order valence-corrected chi connectivity index (χ2v) is 4.30. The average Bonchev–Trinajstić information content (AvgIpc) is 2.46. The van der Waals surface area contributed by atoms with Gasteiger partial charge in [-0.1, -0.05) is 12.2 Å². The third-order valence-corrected chi connectivity index (χ3v) is 2.99. The maximum atomic E-state index is 11.8. The number of esters is 1. The van der Waals surface area contributed by atoms with E-state index in [2.05, 4.69) is 11.1 Å². The fraction of sp³-hybridized carbons (Fsp3) is 0.429. The summed E-state index contributed by atoms with van der Waals surface area (Å²) in [5.41, 5.74) is 0.871. The van der Waals surface area contributed by atoms with Gasteiger partial charge in [0.25, 0.3) is 0 Å². The van der Waals surface area contributed by atoms with Gasteiger partial charge < -0.3 is 9.47 Å². The number of nitrogens with zero attached hydrogens (tertiary/aromatic N) is 1. The lowest BCUT2D eigenvalue weighted by Gasteiger charge is -2.16. The molecule has 1 aliphatic carbocycles. The molecule has 0 aliphatic heterocycles. The van der Waals surface area contributed by atoms with Crippen LogP contribution in [-0.2, 0) is 16.1 Å². The lowest BCUT2D eigenvalue weighted by molar-refractivity contribution is -0.150. The van der Waals surface area contributed by atoms with Crippen LogP contribution in [0, 0.1) is 5.92 Å². The van der Waals surface area contributed by atoms with Crippen molar-refractivity contribution >= 4 is 5.97 Å². The predicted octanol–water partition coefficient (Wildman–Crippen LogP) is 2.49. The zero-order valence-electron chi connectivity index (χ0n) is 10.5. The molecule has 1 aromatic rings. The van der Waals surface area contributed by atoms with Crippen LogP contribution >= 0.6 is 0 Å². The first-order valence-corrected chi connectivity index (χ1v) is 6.10. The first kappa shape index (κ1) is 12.6. The molecule has 0 saturated heterocycles. The van der Waals surface area contributed by atoms with E-state index in [0.29, 0.717) is 5.88 Å². The minimum Gasteiger partial charge on any atom is -0.481 e. The van der Waals surface area contributed by atoms with Gasteiger partial charge in [0.05, 0.1) is 13.0 Å². The molecule has 96 valence electrons. The zero-order valence-corrected chi connectivity index (χ0v) is 10.5. The quantitative estimate of drug-likeness (QED) is 0.606. The van der Waals surface area contributed by atoms with Crippen molar-refractivity contribution in [2.75, 3.05) is 7.11 Å². The molecule has 1 aliphatic rings. The standard InChI is InChI=1S/C14H17NO3/c1-17-13-8-7-11(9-15-13)10-18-14(16)12-5-3-2-4-6-12/h2-3,7-9,12H,4-6,10H2,1H3. The number of allylic oxidation sites excluding steroid dienone is 2. The Kier molecular flexibility index (Phi) is 4.34. The second kappa shape index (κ2) is 6.19. The second-order valence-electron chi connectivity index (χ2n) is 4.30. The molecule has 0 spiro atoms. The minimum atomic E-state index is -0.116. The van der Waals surface area contributed by atoms with Gasteiger partial charge in [0.1, 0.15) is 6.61 Å². The molecule has 0 aromatic carbocycles. The number of pyridine rings is 1. The summed E-state index contributed by atoms with van der Waals surface area (Å²) in [4.78, 5) is 15.9. The Morgan fingerprint density at radius 3 is 2.94 bits per heavy atom. The van der Waals surface area contributed by atoms with Crippen molar-refractivity contribution in [3.05, 3.63) is 36.0 Å². The fourth-order valence-electron chi connectivity index (χ4n) is 1.90. The molecule has 0 amide bonds. The van der Waals surface area contributed by atoms with E-state index in [9.17, 15) is 4.79 Å². The van der Waals surface area contributed by atoms with E-state index in [4.69, 9.17) is 9.47 Å². The number of methoxy groups -OCH3 is 1. The van der Waals surface area contributed by atoms with Crippen LogP contribution in [0.4, 0.5) is 0 Å². The zero-order chi connectivity index (χ0) is 12.8. The number of aromatic nitrogens is 1. The van der Waals surface area contributed by atoms with E-state index < -0.39 is 0 Å². The number of carbonyl (C=O) groups is 1. The van der Waals surface area contributed by atoms with Crippen molar-refractivity contribution < 1.29 is 14.3 Å². The Morgan fingerprint density at radius 1 is 1.44 bits per heavy atom. The summed E-state index contributed by atoms with van der Waals surface area (Å²) in [6, 6.07) is 3.60. The van der Waals surface area contributed by atoms with Crippen LogP contribution in [-0.4, -0.2) is 18.1 Å². The summed E-state index contributed by atoms with van der Waals surface area (Å²) < 4.78 is 10.3. The van der Waals surface area contributed by atoms with E-state index in [1.807, 2.05) is 12.1 Å². The minimum absolute atomic E-state index is 0.0150. The van der Waals surface area contributed by atoms with Crippen LogP contribution in [0.5, 0.6) is 5.88 Å². The summed E-state index contributed by atoms with van der Waals surface area (Å²) in [6.45, 7) is 0.274. The maximum absolute atomic E-state index is 11.8. The summed E-state index contributed by atoms with van der Waals surface area (Å²) in [7, 11) is 1.57. The number of hydrogen-bond acceptors (Lipinski definition) is 4. The Bertz CT molecular complexity index is 425. The third-order valence-electron chi connectivity index (χ3n) is 2.99. The highest BCUT2D eigenvalue weighted by molar-refractivity contribution is 5.72. The molecular formula is C14H17NO3. The lowest BCUT2D eigenvalue weighted by atomic mass is 9.95. The van der Waals surface area contributed by atoms with Crippen LogP contribution in [0.25, 0.3) is 0 Å². The topological polar surface area (TPSA) is 48.4 Å². The van der Waals surface area contributed by atoms with E-state index in [1.54, 1.807) is 19.4 Å². The molecule has 1 heterocycles. The summed E-state index contributed by atoms with van der Waals surface area (Å²) in [6.07, 6.45) is 8.45. The summed E-state index contributed by atoms with van der Waals surface area (Å²) >= 11 is 0. The number of rotatable bonds is 4. The first-order valence-electron chi connectivity index (χ1n) is 6.10. The van der Waals surface area contributed by atoms with E-state index >= 15 is 0 Å². The SMILES string of the molecule is COc1ccc(COC(=O)C2CC=CCC2)cn1. The van der Waals surface area contributed by atoms with Crippen molar-refractivity contribution in [1.82, 2.24) is 4.98 Å². The largest absolute Gasteiger partial charge is 0.481 e. The molecule has 18 heavy (non-hydrogen) atoms. The molecular weight excluding hydrogens is 230 g/mol. The molecule has 0 saturated carbocycles. The third kappa shape index (κ3) is 3.32. The average molecular weight is 247 g/mol. The van der Waals surface area contributed by atoms with Gasteiger partial charge in [-0.05, 0) is 25.3 Å². The molecule has 0 N–H and O–H groups in total. The van der Waals surface area contributed by atoms with Crippen LogP contribution in [0.2, 0.25) is 0 Å². The fourth-order valence-corrected chi connectivity index (χ4v) is 1.90. The van der Waals surface area contributed by atoms with Crippen LogP contribution in [0.1, 0.15) is 24.8 Å². The van der Waals surface area contributed by atoms with Gasteiger partial charge in [-0.3, -0.25) is 4.79 Å². The highest BCUT2D eigenvalue weighted by atomic mass is 16.5. The van der Waals surface area contributed by atoms with Crippen molar-refractivity contribution in [3.63, 3.8) is 0 Å². The summed E-state index contributed by atoms with van der Waals surface area (Å²) in [5.74, 6) is 0.457. The van der Waals surface area contributed by atoms with Gasteiger partial charge in [0, 0.05) is 17.8 Å². The number of hydrogen-bond donors (Lipinski definition) is 0. The number of ether oxygens (including phenoxy) is 2. The molecule has 1 atom stereocenters. The van der Waals surface area contributed by atoms with Gasteiger partial charge in [0.2, 0.25) is 5.88 Å². The Balaban J connectivity index is 1.82. The molecule has 1 unspecified atom stereocenters. The van der Waals surface area contributed by atoms with Crippen LogP contribution in [0.3, 0.4) is 0 Å². The molecule has 0 radical (unpaired) electrons. The maximum Gasteiger partial charge on any atom is 0.309 e. The molecule has 4 nitrogen and oxygen atoms in total. The molecule has 4 heteroatoms. The summed E-state index contributed by atoms with van der Waals surface area (Å²) in [5, 5.41) is 0. The van der Waals surface area contributed by atoms with E-state index in [-0.39, 0.29) is 18.5 Å². The highest BCUT2D eigenvalue weighted by Crippen LogP contribution is 2.20. The molecule has 0 fully saturated rings. The van der Waals surface area contributed by atoms with Gasteiger partial charge >= 0.3 is 5.97 Å². The smallest absolute Gasteiger partial charge is 0.309 e. The normalized spacial score (nSPS) is 18.4. The van der Waals surface area contributed by atoms with Crippen molar-refractivity contribution in [2.24, 2.45) is 5.92 Å². The van der Waals surface area contributed by atoms with Crippen molar-refractivity contribution in [3.8, 4) is 5.88 Å². The molecule has 2 rings (SSSR count). The van der Waals surface area contributed by atoms with Gasteiger partial charge in [-0.15, -0.1) is 0 Å². The van der Waals surface area contributed by atoms with E-state index in [0.717, 1.165) is 24.8 Å². The van der Waals surface area contributed by atoms with Gasteiger partial charge in [-0.25, -0.2) is 4.98 Å². The van der Waals surface area contributed by atoms with E-state index in [1.165, 1.54) is 0 Å². The molecule has 0 bridgehead atoms. The van der Waals surface area contributed by atoms with Gasteiger partial charge in [-0.2, -0.15) is 0 Å². The monoisotopic (exact) mass is 247 g/mol.